The maximum absolute atomic E-state index is 11.7. The zero-order valence-corrected chi connectivity index (χ0v) is 12.2. The Balaban J connectivity index is 1.68. The van der Waals surface area contributed by atoms with Crippen LogP contribution in [-0.2, 0) is 16.1 Å². The molecular formula is C15H19NO3S. The van der Waals surface area contributed by atoms with E-state index in [4.69, 9.17) is 9.84 Å². The highest BCUT2D eigenvalue weighted by atomic mass is 32.1. The lowest BCUT2D eigenvalue weighted by Gasteiger charge is -2.08. The summed E-state index contributed by atoms with van der Waals surface area (Å²) in [6.45, 7) is 1.24. The van der Waals surface area contributed by atoms with Gasteiger partial charge in [0.05, 0.1) is 12.6 Å². The first-order valence-electron chi connectivity index (χ1n) is 6.83. The predicted molar refractivity (Wildman–Crippen MR) is 78.3 cm³/mol. The lowest BCUT2D eigenvalue weighted by atomic mass is 10.1. The highest BCUT2D eigenvalue weighted by Crippen LogP contribution is 2.17. The number of aliphatic hydroxyl groups excluding tert-OH is 1. The maximum atomic E-state index is 11.7. The van der Waals surface area contributed by atoms with Crippen LogP contribution < -0.4 is 5.32 Å². The first-order valence-corrected chi connectivity index (χ1v) is 7.71. The van der Waals surface area contributed by atoms with E-state index in [9.17, 15) is 4.79 Å². The van der Waals surface area contributed by atoms with Crippen LogP contribution in [0.1, 0.15) is 36.1 Å². The van der Waals surface area contributed by atoms with Crippen molar-refractivity contribution in [2.24, 2.45) is 0 Å². The zero-order chi connectivity index (χ0) is 14.2. The fourth-order valence-electron chi connectivity index (χ4n) is 2.12. The predicted octanol–water partition coefficient (Wildman–Crippen LogP) is 1.67. The molecule has 2 rings (SSSR count). The molecule has 1 unspecified atom stereocenters. The second-order valence-electron chi connectivity index (χ2n) is 4.71. The average molecular weight is 293 g/mol. The van der Waals surface area contributed by atoms with Gasteiger partial charge >= 0.3 is 0 Å². The molecule has 5 heteroatoms. The summed E-state index contributed by atoms with van der Waals surface area (Å²) in [5.74, 6) is 5.52. The quantitative estimate of drug-likeness (QED) is 0.812. The van der Waals surface area contributed by atoms with Crippen molar-refractivity contribution < 1.29 is 14.6 Å². The third kappa shape index (κ3) is 4.97. The molecule has 1 aromatic rings. The number of amides is 1. The summed E-state index contributed by atoms with van der Waals surface area (Å²) in [5.41, 5.74) is 0.882. The molecule has 2 heterocycles. The topological polar surface area (TPSA) is 58.6 Å². The largest absolute Gasteiger partial charge is 0.384 e. The Morgan fingerprint density at radius 2 is 2.50 bits per heavy atom. The van der Waals surface area contributed by atoms with Gasteiger partial charge in [-0.15, -0.1) is 11.3 Å². The van der Waals surface area contributed by atoms with Gasteiger partial charge in [-0.3, -0.25) is 4.79 Å². The average Bonchev–Trinajstić information content (AvgIpc) is 3.12. The molecule has 4 nitrogen and oxygen atoms in total. The van der Waals surface area contributed by atoms with Crippen LogP contribution in [0.5, 0.6) is 0 Å². The van der Waals surface area contributed by atoms with Crippen molar-refractivity contribution >= 4 is 17.2 Å². The fourth-order valence-corrected chi connectivity index (χ4v) is 2.87. The van der Waals surface area contributed by atoms with Crippen molar-refractivity contribution in [3.63, 3.8) is 0 Å². The van der Waals surface area contributed by atoms with Crippen LogP contribution >= 0.6 is 11.3 Å². The van der Waals surface area contributed by atoms with E-state index in [1.54, 1.807) is 11.3 Å². The number of ether oxygens (including phenoxy) is 1. The molecule has 1 aliphatic rings. The Labute approximate surface area is 123 Å². The highest BCUT2D eigenvalue weighted by Gasteiger charge is 2.16. The van der Waals surface area contributed by atoms with Gasteiger partial charge < -0.3 is 15.2 Å². The van der Waals surface area contributed by atoms with E-state index in [0.717, 1.165) is 36.3 Å². The number of rotatable bonds is 5. The smallest absolute Gasteiger partial charge is 0.220 e. The molecule has 1 saturated heterocycles. The Morgan fingerprint density at radius 1 is 1.60 bits per heavy atom. The van der Waals surface area contributed by atoms with Gasteiger partial charge in [0.15, 0.2) is 0 Å². The molecule has 2 N–H and O–H groups in total. The number of aliphatic hydroxyl groups is 1. The van der Waals surface area contributed by atoms with Crippen molar-refractivity contribution in [1.29, 1.82) is 0 Å². The molecule has 1 amide bonds. The van der Waals surface area contributed by atoms with E-state index in [2.05, 4.69) is 17.2 Å². The minimum atomic E-state index is -0.134. The summed E-state index contributed by atoms with van der Waals surface area (Å²) >= 11 is 1.56. The summed E-state index contributed by atoms with van der Waals surface area (Å²) in [7, 11) is 0. The van der Waals surface area contributed by atoms with Crippen LogP contribution in [0.3, 0.4) is 0 Å². The van der Waals surface area contributed by atoms with Crippen molar-refractivity contribution in [3.05, 3.63) is 21.9 Å². The van der Waals surface area contributed by atoms with Gasteiger partial charge in [0.1, 0.15) is 6.61 Å². The summed E-state index contributed by atoms with van der Waals surface area (Å²) in [5, 5.41) is 13.5. The zero-order valence-electron chi connectivity index (χ0n) is 11.4. The number of hydrogen-bond acceptors (Lipinski definition) is 4. The second-order valence-corrected chi connectivity index (χ2v) is 5.71. The summed E-state index contributed by atoms with van der Waals surface area (Å²) < 4.78 is 5.49. The van der Waals surface area contributed by atoms with Gasteiger partial charge in [0.25, 0.3) is 0 Å². The van der Waals surface area contributed by atoms with Crippen LogP contribution in [-0.4, -0.2) is 30.3 Å². The molecule has 108 valence electrons. The van der Waals surface area contributed by atoms with E-state index in [-0.39, 0.29) is 18.6 Å². The molecule has 1 aromatic heterocycles. The summed E-state index contributed by atoms with van der Waals surface area (Å²) in [6.07, 6.45) is 3.78. The molecule has 0 bridgehead atoms. The molecule has 0 saturated carbocycles. The molecule has 20 heavy (non-hydrogen) atoms. The van der Waals surface area contributed by atoms with Crippen LogP contribution in [0.15, 0.2) is 11.4 Å². The third-order valence-electron chi connectivity index (χ3n) is 3.14. The van der Waals surface area contributed by atoms with Crippen molar-refractivity contribution in [1.82, 2.24) is 5.32 Å². The van der Waals surface area contributed by atoms with Gasteiger partial charge in [-0.2, -0.15) is 0 Å². The lowest BCUT2D eigenvalue weighted by Crippen LogP contribution is -2.23. The first-order chi connectivity index (χ1) is 9.78. The monoisotopic (exact) mass is 293 g/mol. The number of thiophene rings is 1. The first kappa shape index (κ1) is 15.0. The van der Waals surface area contributed by atoms with Gasteiger partial charge in [0.2, 0.25) is 5.91 Å². The van der Waals surface area contributed by atoms with Gasteiger partial charge in [-0.1, -0.05) is 11.8 Å². The van der Waals surface area contributed by atoms with Crippen molar-refractivity contribution in [2.75, 3.05) is 13.2 Å². The molecule has 0 aliphatic carbocycles. The van der Waals surface area contributed by atoms with E-state index >= 15 is 0 Å². The highest BCUT2D eigenvalue weighted by molar-refractivity contribution is 7.10. The van der Waals surface area contributed by atoms with E-state index < -0.39 is 0 Å². The molecule has 1 fully saturated rings. The van der Waals surface area contributed by atoms with Crippen LogP contribution in [0.25, 0.3) is 0 Å². The second kappa shape index (κ2) is 8.05. The van der Waals surface area contributed by atoms with Crippen LogP contribution in [0.4, 0.5) is 0 Å². The summed E-state index contributed by atoms with van der Waals surface area (Å²) in [6, 6.07) is 1.94. The van der Waals surface area contributed by atoms with E-state index in [0.29, 0.717) is 13.0 Å². The molecule has 0 spiro atoms. The van der Waals surface area contributed by atoms with Crippen molar-refractivity contribution in [2.45, 2.75) is 38.3 Å². The number of hydrogen-bond donors (Lipinski definition) is 2. The Morgan fingerprint density at radius 3 is 3.25 bits per heavy atom. The normalized spacial score (nSPS) is 17.6. The Bertz CT molecular complexity index is 495. The standard InChI is InChI=1S/C15H19NO3S/c17-7-1-3-12-9-14(20-11-12)10-16-15(18)6-5-13-4-2-8-19-13/h9,11,13,17H,2,4-8,10H2,(H,16,18). The Kier molecular flexibility index (Phi) is 6.06. The molecule has 1 aliphatic heterocycles. The third-order valence-corrected chi connectivity index (χ3v) is 4.08. The number of nitrogens with one attached hydrogen (secondary N) is 1. The van der Waals surface area contributed by atoms with Crippen LogP contribution in [0, 0.1) is 11.8 Å². The number of carbonyl (C=O) groups is 1. The maximum Gasteiger partial charge on any atom is 0.220 e. The van der Waals surface area contributed by atoms with Crippen molar-refractivity contribution in [3.8, 4) is 11.8 Å². The summed E-state index contributed by atoms with van der Waals surface area (Å²) in [4.78, 5) is 12.8. The Hall–Kier alpha value is -1.35. The number of carbonyl (C=O) groups excluding carboxylic acids is 1. The van der Waals surface area contributed by atoms with Crippen LogP contribution in [0.2, 0.25) is 0 Å². The molecular weight excluding hydrogens is 274 g/mol. The molecule has 0 aromatic carbocycles. The minimum absolute atomic E-state index is 0.0666. The van der Waals surface area contributed by atoms with E-state index in [1.165, 1.54) is 0 Å². The van der Waals surface area contributed by atoms with E-state index in [1.807, 2.05) is 11.4 Å². The molecule has 0 radical (unpaired) electrons. The van der Waals surface area contributed by atoms with Gasteiger partial charge in [0, 0.05) is 28.8 Å². The lowest BCUT2D eigenvalue weighted by molar-refractivity contribution is -0.121. The van der Waals surface area contributed by atoms with Gasteiger partial charge in [-0.05, 0) is 25.3 Å². The fraction of sp³-hybridized carbons (Fsp3) is 0.533. The minimum Gasteiger partial charge on any atom is -0.384 e. The molecule has 1 atom stereocenters. The SMILES string of the molecule is O=C(CCC1CCCO1)NCc1cc(C#CCO)cs1. The van der Waals surface area contributed by atoms with Gasteiger partial charge in [-0.25, -0.2) is 0 Å².